The predicted molar refractivity (Wildman–Crippen MR) is 165 cm³/mol. The molecule has 0 spiro atoms. The van der Waals surface area contributed by atoms with Crippen LogP contribution < -0.4 is 15.4 Å². The summed E-state index contributed by atoms with van der Waals surface area (Å²) in [4.78, 5) is 15.2. The summed E-state index contributed by atoms with van der Waals surface area (Å²) < 4.78 is 49.0. The molecule has 0 bridgehead atoms. The number of nitrogens with zero attached hydrogens (tertiary/aromatic N) is 2. The number of alkyl halides is 3. The van der Waals surface area contributed by atoms with Crippen LogP contribution in [0.25, 0.3) is 0 Å². The molecule has 0 amide bonds. The Morgan fingerprint density at radius 1 is 1.07 bits per heavy atom. The van der Waals surface area contributed by atoms with Crippen molar-refractivity contribution in [3.8, 4) is 11.8 Å². The molecular formula is C34H30Cl2F3N3O2. The van der Waals surface area contributed by atoms with E-state index in [1.807, 2.05) is 45.9 Å². The van der Waals surface area contributed by atoms with Gasteiger partial charge in [-0.05, 0) is 78.3 Å². The van der Waals surface area contributed by atoms with Gasteiger partial charge in [0.1, 0.15) is 18.2 Å². The van der Waals surface area contributed by atoms with E-state index in [0.29, 0.717) is 22.0 Å². The lowest BCUT2D eigenvalue weighted by Gasteiger charge is -2.44. The number of allylic oxidation sites excluding steroid dienone is 3. The molecule has 2 N–H and O–H groups in total. The summed E-state index contributed by atoms with van der Waals surface area (Å²) in [7, 11) is 0. The van der Waals surface area contributed by atoms with E-state index in [1.54, 1.807) is 18.2 Å². The SMILES string of the molecule is Cc1cc(C)c(C2C(C#N)=C(N)N(c3ccc(Cl)cc3C(F)(F)F)C3=C2C(=O)CC(C)(C)C3)cc1COc1ccccc1Cl. The first-order valence-corrected chi connectivity index (χ1v) is 14.7. The van der Waals surface area contributed by atoms with Crippen LogP contribution in [0.4, 0.5) is 18.9 Å². The highest BCUT2D eigenvalue weighted by molar-refractivity contribution is 6.32. The Balaban J connectivity index is 1.72. The summed E-state index contributed by atoms with van der Waals surface area (Å²) in [6, 6.07) is 16.4. The minimum atomic E-state index is -4.77. The Morgan fingerprint density at radius 3 is 2.43 bits per heavy atom. The summed E-state index contributed by atoms with van der Waals surface area (Å²) in [5, 5.41) is 10.8. The van der Waals surface area contributed by atoms with Gasteiger partial charge in [-0.1, -0.05) is 61.3 Å². The second-order valence-electron chi connectivity index (χ2n) is 12.0. The highest BCUT2D eigenvalue weighted by Gasteiger charge is 2.47. The number of Topliss-reactive ketones (excluding diaryl/α,β-unsaturated/α-hetero) is 1. The van der Waals surface area contributed by atoms with Crippen LogP contribution >= 0.6 is 23.2 Å². The van der Waals surface area contributed by atoms with E-state index >= 15 is 0 Å². The lowest BCUT2D eigenvalue weighted by atomic mass is 9.68. The van der Waals surface area contributed by atoms with E-state index in [2.05, 4.69) is 6.07 Å². The third-order valence-corrected chi connectivity index (χ3v) is 8.69. The largest absolute Gasteiger partial charge is 0.487 e. The van der Waals surface area contributed by atoms with Crippen molar-refractivity contribution in [3.05, 3.63) is 115 Å². The summed E-state index contributed by atoms with van der Waals surface area (Å²) in [6.45, 7) is 7.73. The molecule has 44 heavy (non-hydrogen) atoms. The lowest BCUT2D eigenvalue weighted by molar-refractivity contribution is -0.137. The number of halogens is 5. The van der Waals surface area contributed by atoms with Crippen LogP contribution in [0.5, 0.6) is 5.75 Å². The van der Waals surface area contributed by atoms with E-state index in [1.165, 1.54) is 17.0 Å². The van der Waals surface area contributed by atoms with Crippen molar-refractivity contribution >= 4 is 34.7 Å². The molecule has 2 aliphatic rings. The maximum Gasteiger partial charge on any atom is 0.418 e. The zero-order valence-corrected chi connectivity index (χ0v) is 26.1. The molecule has 1 atom stereocenters. The van der Waals surface area contributed by atoms with Crippen molar-refractivity contribution in [1.82, 2.24) is 0 Å². The molecule has 1 heterocycles. The van der Waals surface area contributed by atoms with Crippen molar-refractivity contribution in [1.29, 1.82) is 5.26 Å². The number of rotatable bonds is 5. The maximum atomic E-state index is 14.3. The second kappa shape index (κ2) is 11.5. The molecular weight excluding hydrogens is 610 g/mol. The van der Waals surface area contributed by atoms with Gasteiger partial charge in [-0.25, -0.2) is 0 Å². The highest BCUT2D eigenvalue weighted by Crippen LogP contribution is 2.52. The predicted octanol–water partition coefficient (Wildman–Crippen LogP) is 9.15. The number of nitriles is 1. The minimum absolute atomic E-state index is 0.00944. The monoisotopic (exact) mass is 639 g/mol. The van der Waals surface area contributed by atoms with Crippen molar-refractivity contribution in [2.24, 2.45) is 11.1 Å². The zero-order chi connectivity index (χ0) is 32.1. The van der Waals surface area contributed by atoms with Crippen LogP contribution in [0.15, 0.2) is 77.3 Å². The number of nitrogens with two attached hydrogens (primary N) is 1. The molecule has 0 fully saturated rings. The molecule has 1 aliphatic heterocycles. The normalized spacial score (nSPS) is 18.3. The molecule has 3 aromatic carbocycles. The first-order chi connectivity index (χ1) is 20.6. The average molecular weight is 641 g/mol. The summed E-state index contributed by atoms with van der Waals surface area (Å²) in [5.74, 6) is -0.786. The van der Waals surface area contributed by atoms with Crippen molar-refractivity contribution < 1.29 is 22.7 Å². The molecule has 0 saturated carbocycles. The zero-order valence-electron chi connectivity index (χ0n) is 24.6. The van der Waals surface area contributed by atoms with E-state index in [4.69, 9.17) is 33.7 Å². The number of carbonyl (C=O) groups excluding carboxylic acids is 1. The fourth-order valence-electron chi connectivity index (χ4n) is 6.13. The summed E-state index contributed by atoms with van der Waals surface area (Å²) in [5.41, 5.74) is 8.55. The van der Waals surface area contributed by atoms with Gasteiger partial charge in [0, 0.05) is 22.7 Å². The first-order valence-electron chi connectivity index (χ1n) is 13.9. The lowest BCUT2D eigenvalue weighted by Crippen LogP contribution is -2.42. The van der Waals surface area contributed by atoms with Gasteiger partial charge in [0.15, 0.2) is 5.78 Å². The van der Waals surface area contributed by atoms with Crippen LogP contribution in [-0.2, 0) is 17.6 Å². The van der Waals surface area contributed by atoms with Gasteiger partial charge in [0.05, 0.1) is 33.8 Å². The topological polar surface area (TPSA) is 79.4 Å². The standard InChI is InChI=1S/C34H30Cl2F3N3O2/c1-18-11-19(2)22(12-20(18)17-44-29-8-6-5-7-25(29)36)30-23(16-40)32(41)42(27-14-33(3,4)15-28(43)31(27)30)26-10-9-21(35)13-24(26)34(37,38)39/h5-13,30H,14-15,17,41H2,1-4H3. The number of ketones is 1. The third kappa shape index (κ3) is 5.79. The molecule has 0 radical (unpaired) electrons. The molecule has 5 nitrogen and oxygen atoms in total. The number of ether oxygens (including phenoxy) is 1. The van der Waals surface area contributed by atoms with Gasteiger partial charge in [0.25, 0.3) is 0 Å². The molecule has 0 saturated heterocycles. The van der Waals surface area contributed by atoms with Crippen LogP contribution in [0.1, 0.15) is 60.4 Å². The van der Waals surface area contributed by atoms with E-state index in [9.17, 15) is 23.2 Å². The first kappa shape index (κ1) is 31.5. The Bertz CT molecular complexity index is 1790. The van der Waals surface area contributed by atoms with Crippen molar-refractivity contribution in [2.75, 3.05) is 4.90 Å². The minimum Gasteiger partial charge on any atom is -0.487 e. The van der Waals surface area contributed by atoms with E-state index in [-0.39, 0.29) is 52.9 Å². The van der Waals surface area contributed by atoms with Gasteiger partial charge >= 0.3 is 6.18 Å². The van der Waals surface area contributed by atoms with Crippen LogP contribution in [0.2, 0.25) is 10.0 Å². The summed E-state index contributed by atoms with van der Waals surface area (Å²) in [6.07, 6.45) is -4.35. The van der Waals surface area contributed by atoms with Crippen LogP contribution in [0.3, 0.4) is 0 Å². The van der Waals surface area contributed by atoms with Gasteiger partial charge in [-0.15, -0.1) is 0 Å². The molecule has 10 heteroatoms. The Labute approximate surface area is 264 Å². The molecule has 1 unspecified atom stereocenters. The highest BCUT2D eigenvalue weighted by atomic mass is 35.5. The van der Waals surface area contributed by atoms with Gasteiger partial charge in [-0.3, -0.25) is 9.69 Å². The molecule has 3 aromatic rings. The smallest absolute Gasteiger partial charge is 0.418 e. The van der Waals surface area contributed by atoms with E-state index in [0.717, 1.165) is 22.8 Å². The number of para-hydroxylation sites is 1. The second-order valence-corrected chi connectivity index (χ2v) is 12.8. The third-order valence-electron chi connectivity index (χ3n) is 8.14. The van der Waals surface area contributed by atoms with Gasteiger partial charge in [-0.2, -0.15) is 18.4 Å². The quantitative estimate of drug-likeness (QED) is 0.301. The number of carbonyl (C=O) groups is 1. The summed E-state index contributed by atoms with van der Waals surface area (Å²) >= 11 is 12.3. The van der Waals surface area contributed by atoms with Crippen LogP contribution in [0, 0.1) is 30.6 Å². The van der Waals surface area contributed by atoms with Crippen LogP contribution in [-0.4, -0.2) is 5.78 Å². The Morgan fingerprint density at radius 2 is 1.77 bits per heavy atom. The Kier molecular flexibility index (Phi) is 8.25. The maximum absolute atomic E-state index is 14.3. The molecule has 228 valence electrons. The van der Waals surface area contributed by atoms with Crippen molar-refractivity contribution in [2.45, 2.75) is 59.2 Å². The number of hydrogen-bond acceptors (Lipinski definition) is 5. The number of aryl methyl sites for hydroxylation is 2. The number of benzene rings is 3. The number of hydrogen-bond donors (Lipinski definition) is 1. The van der Waals surface area contributed by atoms with Gasteiger partial charge < -0.3 is 10.5 Å². The fourth-order valence-corrected chi connectivity index (χ4v) is 6.49. The molecule has 1 aliphatic carbocycles. The molecule has 5 rings (SSSR count). The fraction of sp³-hybridized carbons (Fsp3) is 0.294. The Hall–Kier alpha value is -3.93. The van der Waals surface area contributed by atoms with Gasteiger partial charge in [0.2, 0.25) is 0 Å². The number of anilines is 1. The molecule has 0 aromatic heterocycles. The van der Waals surface area contributed by atoms with E-state index < -0.39 is 23.1 Å². The van der Waals surface area contributed by atoms with Crippen molar-refractivity contribution in [3.63, 3.8) is 0 Å². The average Bonchev–Trinajstić information content (AvgIpc) is 2.92.